The van der Waals surface area contributed by atoms with Gasteiger partial charge in [-0.05, 0) is 25.7 Å². The molecule has 0 aromatic rings. The molecule has 0 amide bonds. The summed E-state index contributed by atoms with van der Waals surface area (Å²) in [5.74, 6) is 0. The fourth-order valence-corrected chi connectivity index (χ4v) is 2.87. The molecule has 0 atom stereocenters. The second kappa shape index (κ2) is 8.93. The number of nitrogens with two attached hydrogens (primary N) is 1. The molecule has 17 heavy (non-hydrogen) atoms. The number of hydrogen-bond acceptors (Lipinski definition) is 2. The average Bonchev–Trinajstić information content (AvgIpc) is 2.31. The van der Waals surface area contributed by atoms with Gasteiger partial charge in [-0.15, -0.1) is 0 Å². The first-order valence-electron chi connectivity index (χ1n) is 7.70. The molecule has 0 spiro atoms. The Bertz CT molecular complexity index is 168. The lowest BCUT2D eigenvalue weighted by molar-refractivity contribution is 0.352. The summed E-state index contributed by atoms with van der Waals surface area (Å²) in [4.78, 5) is 0. The van der Waals surface area contributed by atoms with Gasteiger partial charge < -0.3 is 11.1 Å². The van der Waals surface area contributed by atoms with Gasteiger partial charge >= 0.3 is 0 Å². The van der Waals surface area contributed by atoms with Gasteiger partial charge in [-0.2, -0.15) is 0 Å². The van der Waals surface area contributed by atoms with Crippen molar-refractivity contribution >= 4 is 0 Å². The molecule has 2 aliphatic carbocycles. The summed E-state index contributed by atoms with van der Waals surface area (Å²) >= 11 is 0. The van der Waals surface area contributed by atoms with E-state index in [0.29, 0.717) is 12.1 Å². The highest BCUT2D eigenvalue weighted by Crippen LogP contribution is 2.17. The number of hydrogen-bond donors (Lipinski definition) is 2. The molecule has 3 N–H and O–H groups in total. The largest absolute Gasteiger partial charge is 0.328 e. The summed E-state index contributed by atoms with van der Waals surface area (Å²) in [5.41, 5.74) is 5.63. The average molecular weight is 240 g/mol. The summed E-state index contributed by atoms with van der Waals surface area (Å²) < 4.78 is 0. The highest BCUT2D eigenvalue weighted by molar-refractivity contribution is 4.73. The van der Waals surface area contributed by atoms with Crippen LogP contribution in [0.1, 0.15) is 78.1 Å². The fourth-order valence-electron chi connectivity index (χ4n) is 2.87. The topological polar surface area (TPSA) is 38.0 Å². The predicted octanol–water partition coefficient (Wildman–Crippen LogP) is 3.59. The van der Waals surface area contributed by atoms with Crippen LogP contribution in [-0.2, 0) is 0 Å². The van der Waals surface area contributed by atoms with Crippen LogP contribution in [0.3, 0.4) is 0 Å². The molecule has 2 nitrogen and oxygen atoms in total. The zero-order valence-electron chi connectivity index (χ0n) is 11.9. The van der Waals surface area contributed by atoms with Crippen LogP contribution in [0.2, 0.25) is 0 Å². The summed E-state index contributed by atoms with van der Waals surface area (Å²) in [6, 6.07) is 2.03. The van der Waals surface area contributed by atoms with Gasteiger partial charge in [0.15, 0.2) is 0 Å². The molecule has 0 aliphatic heterocycles. The first-order chi connectivity index (χ1) is 8.18. The molecule has 0 radical (unpaired) electrons. The van der Waals surface area contributed by atoms with Crippen LogP contribution in [0.5, 0.6) is 0 Å². The van der Waals surface area contributed by atoms with Crippen LogP contribution >= 0.6 is 0 Å². The van der Waals surface area contributed by atoms with Gasteiger partial charge in [-0.1, -0.05) is 52.4 Å². The monoisotopic (exact) mass is 240 g/mol. The van der Waals surface area contributed by atoms with Crippen molar-refractivity contribution < 1.29 is 0 Å². The maximum Gasteiger partial charge on any atom is 0.00694 e. The van der Waals surface area contributed by atoms with Crippen LogP contribution < -0.4 is 11.1 Å². The Labute approximate surface area is 108 Å². The van der Waals surface area contributed by atoms with E-state index >= 15 is 0 Å². The molecular weight excluding hydrogens is 208 g/mol. The van der Waals surface area contributed by atoms with Crippen molar-refractivity contribution in [3.05, 3.63) is 0 Å². The lowest BCUT2D eigenvalue weighted by Crippen LogP contribution is -2.35. The van der Waals surface area contributed by atoms with E-state index < -0.39 is 0 Å². The van der Waals surface area contributed by atoms with Gasteiger partial charge in [-0.25, -0.2) is 0 Å². The summed E-state index contributed by atoms with van der Waals surface area (Å²) in [6.07, 6.45) is 13.8. The van der Waals surface area contributed by atoms with Crippen LogP contribution in [0.15, 0.2) is 0 Å². The Balaban J connectivity index is 0.000000181. The van der Waals surface area contributed by atoms with Crippen molar-refractivity contribution in [2.24, 2.45) is 5.73 Å². The minimum absolute atomic E-state index is 0.536. The minimum Gasteiger partial charge on any atom is -0.328 e. The second-order valence-electron chi connectivity index (χ2n) is 6.05. The number of nitrogens with one attached hydrogen (secondary N) is 1. The van der Waals surface area contributed by atoms with E-state index in [2.05, 4.69) is 19.2 Å². The first-order valence-corrected chi connectivity index (χ1v) is 7.70. The lowest BCUT2D eigenvalue weighted by Gasteiger charge is -2.24. The molecule has 0 aromatic heterocycles. The maximum atomic E-state index is 5.63. The molecule has 2 saturated carbocycles. The van der Waals surface area contributed by atoms with Crippen LogP contribution in [-0.4, -0.2) is 18.1 Å². The van der Waals surface area contributed by atoms with E-state index in [1.807, 2.05) is 0 Å². The molecule has 0 aromatic carbocycles. The normalized spacial score (nSPS) is 23.3. The van der Waals surface area contributed by atoms with Gasteiger partial charge in [0.1, 0.15) is 0 Å². The predicted molar refractivity (Wildman–Crippen MR) is 76.2 cm³/mol. The Hall–Kier alpha value is -0.0800. The molecule has 102 valence electrons. The third-order valence-electron chi connectivity index (χ3n) is 3.82. The van der Waals surface area contributed by atoms with Gasteiger partial charge in [0.2, 0.25) is 0 Å². The highest BCUT2D eigenvalue weighted by atomic mass is 14.9. The van der Waals surface area contributed by atoms with Crippen molar-refractivity contribution in [3.63, 3.8) is 0 Å². The first kappa shape index (κ1) is 15.0. The van der Waals surface area contributed by atoms with E-state index in [4.69, 9.17) is 5.73 Å². The molecule has 2 fully saturated rings. The number of rotatable bonds is 2. The molecule has 0 saturated heterocycles. The van der Waals surface area contributed by atoms with E-state index in [-0.39, 0.29) is 0 Å². The van der Waals surface area contributed by atoms with E-state index in [1.165, 1.54) is 64.2 Å². The summed E-state index contributed by atoms with van der Waals surface area (Å²) in [7, 11) is 0. The Morgan fingerprint density at radius 2 is 1.29 bits per heavy atom. The van der Waals surface area contributed by atoms with Crippen molar-refractivity contribution in [3.8, 4) is 0 Å². The van der Waals surface area contributed by atoms with Crippen molar-refractivity contribution in [1.29, 1.82) is 0 Å². The highest BCUT2D eigenvalue weighted by Gasteiger charge is 2.12. The minimum atomic E-state index is 0.536. The second-order valence-corrected chi connectivity index (χ2v) is 6.05. The van der Waals surface area contributed by atoms with Gasteiger partial charge in [0, 0.05) is 18.1 Å². The maximum absolute atomic E-state index is 5.63. The molecule has 2 heteroatoms. The Morgan fingerprint density at radius 3 is 1.65 bits per heavy atom. The third kappa shape index (κ3) is 7.77. The van der Waals surface area contributed by atoms with Gasteiger partial charge in [0.25, 0.3) is 0 Å². The zero-order valence-corrected chi connectivity index (χ0v) is 11.9. The third-order valence-corrected chi connectivity index (χ3v) is 3.82. The van der Waals surface area contributed by atoms with E-state index in [0.717, 1.165) is 6.04 Å². The standard InChI is InChI=1S/C9H19N.C6H13N/c1-8(2)10-9-6-4-3-5-7-9;7-6-4-2-1-3-5-6/h8-10H,3-7H2,1-2H3;6H,1-5,7H2. The molecule has 2 rings (SSSR count). The molecule has 0 unspecified atom stereocenters. The van der Waals surface area contributed by atoms with Gasteiger partial charge in [0.05, 0.1) is 0 Å². The molecular formula is C15H32N2. The SMILES string of the molecule is CC(C)NC1CCCCC1.NC1CCCCC1. The Kier molecular flexibility index (Phi) is 7.87. The van der Waals surface area contributed by atoms with Gasteiger partial charge in [-0.3, -0.25) is 0 Å². The smallest absolute Gasteiger partial charge is 0.00694 e. The van der Waals surface area contributed by atoms with Crippen LogP contribution in [0.25, 0.3) is 0 Å². The van der Waals surface area contributed by atoms with Crippen molar-refractivity contribution in [2.45, 2.75) is 96.2 Å². The van der Waals surface area contributed by atoms with Crippen LogP contribution in [0.4, 0.5) is 0 Å². The Morgan fingerprint density at radius 1 is 0.824 bits per heavy atom. The summed E-state index contributed by atoms with van der Waals surface area (Å²) in [6.45, 7) is 4.46. The fraction of sp³-hybridized carbons (Fsp3) is 1.00. The van der Waals surface area contributed by atoms with E-state index in [9.17, 15) is 0 Å². The lowest BCUT2D eigenvalue weighted by atomic mass is 9.95. The zero-order chi connectivity index (χ0) is 12.5. The quantitative estimate of drug-likeness (QED) is 0.774. The van der Waals surface area contributed by atoms with E-state index in [1.54, 1.807) is 0 Å². The van der Waals surface area contributed by atoms with Crippen molar-refractivity contribution in [2.75, 3.05) is 0 Å². The molecule has 0 heterocycles. The molecule has 2 aliphatic rings. The molecule has 0 bridgehead atoms. The van der Waals surface area contributed by atoms with Crippen LogP contribution in [0, 0.1) is 0 Å². The van der Waals surface area contributed by atoms with Crippen molar-refractivity contribution in [1.82, 2.24) is 5.32 Å². The summed E-state index contributed by atoms with van der Waals surface area (Å²) in [5, 5.41) is 3.58.